The largest absolute Gasteiger partial charge is 0.383 e. The summed E-state index contributed by atoms with van der Waals surface area (Å²) in [7, 11) is 1.50. The van der Waals surface area contributed by atoms with E-state index in [1.165, 1.54) is 21.0 Å². The number of amides is 1. The predicted molar refractivity (Wildman–Crippen MR) is 67.5 cm³/mol. The number of methoxy groups -OCH3 is 1. The van der Waals surface area contributed by atoms with Crippen molar-refractivity contribution in [3.05, 3.63) is 34.9 Å². The molecule has 0 aliphatic carbocycles. The van der Waals surface area contributed by atoms with Crippen LogP contribution in [0.15, 0.2) is 12.1 Å². The second-order valence-electron chi connectivity index (χ2n) is 4.49. The highest BCUT2D eigenvalue weighted by atomic mass is 19.1. The van der Waals surface area contributed by atoms with Gasteiger partial charge in [0.25, 0.3) is 0 Å². The highest BCUT2D eigenvalue weighted by molar-refractivity contribution is 5.85. The molecule has 4 nitrogen and oxygen atoms in total. The summed E-state index contributed by atoms with van der Waals surface area (Å²) >= 11 is 0. The van der Waals surface area contributed by atoms with Gasteiger partial charge in [-0.1, -0.05) is 0 Å². The summed E-state index contributed by atoms with van der Waals surface area (Å²) in [5, 5.41) is 2.79. The SMILES string of the molecule is COCCNC(C)(C(N)=O)c1cc(F)c(C)cc1F. The summed E-state index contributed by atoms with van der Waals surface area (Å²) in [5.41, 5.74) is 3.88. The Kier molecular flexibility index (Phi) is 4.97. The van der Waals surface area contributed by atoms with Crippen LogP contribution in [0, 0.1) is 18.6 Å². The van der Waals surface area contributed by atoms with Gasteiger partial charge in [0.15, 0.2) is 0 Å². The number of nitrogens with two attached hydrogens (primary N) is 1. The molecule has 0 bridgehead atoms. The van der Waals surface area contributed by atoms with Crippen molar-refractivity contribution < 1.29 is 18.3 Å². The topological polar surface area (TPSA) is 64.3 Å². The van der Waals surface area contributed by atoms with Crippen LogP contribution in [-0.2, 0) is 15.1 Å². The number of carbonyl (C=O) groups excluding carboxylic acids is 1. The Morgan fingerprint density at radius 2 is 2.05 bits per heavy atom. The smallest absolute Gasteiger partial charge is 0.242 e. The molecular weight excluding hydrogens is 254 g/mol. The third-order valence-electron chi connectivity index (χ3n) is 3.06. The van der Waals surface area contributed by atoms with Crippen molar-refractivity contribution in [1.29, 1.82) is 0 Å². The zero-order valence-corrected chi connectivity index (χ0v) is 11.2. The van der Waals surface area contributed by atoms with E-state index in [1.807, 2.05) is 0 Å². The van der Waals surface area contributed by atoms with E-state index < -0.39 is 23.1 Å². The van der Waals surface area contributed by atoms with Gasteiger partial charge < -0.3 is 10.5 Å². The average Bonchev–Trinajstić information content (AvgIpc) is 2.33. The molecule has 1 aromatic carbocycles. The first-order valence-electron chi connectivity index (χ1n) is 5.83. The van der Waals surface area contributed by atoms with Crippen LogP contribution in [0.5, 0.6) is 0 Å². The van der Waals surface area contributed by atoms with E-state index in [0.717, 1.165) is 12.1 Å². The summed E-state index contributed by atoms with van der Waals surface area (Å²) in [4.78, 5) is 11.6. The number of nitrogens with one attached hydrogen (secondary N) is 1. The van der Waals surface area contributed by atoms with E-state index in [2.05, 4.69) is 5.32 Å². The molecule has 0 saturated heterocycles. The fourth-order valence-corrected chi connectivity index (χ4v) is 1.75. The van der Waals surface area contributed by atoms with Gasteiger partial charge >= 0.3 is 0 Å². The summed E-state index contributed by atoms with van der Waals surface area (Å²) in [6.45, 7) is 3.46. The van der Waals surface area contributed by atoms with Gasteiger partial charge in [-0.15, -0.1) is 0 Å². The third kappa shape index (κ3) is 3.27. The lowest BCUT2D eigenvalue weighted by molar-refractivity contribution is -0.124. The van der Waals surface area contributed by atoms with Crippen LogP contribution < -0.4 is 11.1 Å². The number of hydrogen-bond donors (Lipinski definition) is 2. The molecule has 6 heteroatoms. The molecule has 1 atom stereocenters. The molecule has 0 spiro atoms. The van der Waals surface area contributed by atoms with Crippen molar-refractivity contribution in [2.24, 2.45) is 5.73 Å². The molecule has 106 valence electrons. The van der Waals surface area contributed by atoms with Gasteiger partial charge in [0.05, 0.1) is 6.61 Å². The number of benzene rings is 1. The van der Waals surface area contributed by atoms with Gasteiger partial charge in [-0.3, -0.25) is 10.1 Å². The monoisotopic (exact) mass is 272 g/mol. The third-order valence-corrected chi connectivity index (χ3v) is 3.06. The van der Waals surface area contributed by atoms with Crippen molar-refractivity contribution in [3.8, 4) is 0 Å². The Morgan fingerprint density at radius 3 is 2.58 bits per heavy atom. The summed E-state index contributed by atoms with van der Waals surface area (Å²) in [6, 6.07) is 2.04. The minimum absolute atomic E-state index is 0.112. The first-order chi connectivity index (χ1) is 8.82. The van der Waals surface area contributed by atoms with Gasteiger partial charge in [0.2, 0.25) is 5.91 Å². The van der Waals surface area contributed by atoms with Gasteiger partial charge in [0, 0.05) is 19.2 Å². The Balaban J connectivity index is 3.18. The number of rotatable bonds is 6. The molecule has 0 aliphatic heterocycles. The van der Waals surface area contributed by atoms with Gasteiger partial charge in [-0.25, -0.2) is 8.78 Å². The van der Waals surface area contributed by atoms with Gasteiger partial charge in [-0.05, 0) is 31.5 Å². The normalized spacial score (nSPS) is 14.2. The van der Waals surface area contributed by atoms with Crippen LogP contribution in [0.3, 0.4) is 0 Å². The number of hydrogen-bond acceptors (Lipinski definition) is 3. The van der Waals surface area contributed by atoms with Crippen molar-refractivity contribution >= 4 is 5.91 Å². The van der Waals surface area contributed by atoms with Crippen LogP contribution in [-0.4, -0.2) is 26.2 Å². The van der Waals surface area contributed by atoms with Crippen molar-refractivity contribution in [2.45, 2.75) is 19.4 Å². The Bertz CT molecular complexity index is 480. The standard InChI is InChI=1S/C13H18F2N2O2/c1-8-6-11(15)9(7-10(8)14)13(2,12(16)18)17-4-5-19-3/h6-7,17H,4-5H2,1-3H3,(H2,16,18). The number of primary amides is 1. The number of aryl methyl sites for hydroxylation is 1. The molecule has 0 radical (unpaired) electrons. The zero-order chi connectivity index (χ0) is 14.6. The molecular formula is C13H18F2N2O2. The quantitative estimate of drug-likeness (QED) is 0.765. The van der Waals surface area contributed by atoms with Gasteiger partial charge in [-0.2, -0.15) is 0 Å². The Hall–Kier alpha value is -1.53. The van der Waals surface area contributed by atoms with Crippen LogP contribution in [0.1, 0.15) is 18.1 Å². The molecule has 3 N–H and O–H groups in total. The van der Waals surface area contributed by atoms with Crippen molar-refractivity contribution in [2.75, 3.05) is 20.3 Å². The van der Waals surface area contributed by atoms with Crippen LogP contribution >= 0.6 is 0 Å². The molecule has 1 amide bonds. The lowest BCUT2D eigenvalue weighted by Crippen LogP contribution is -2.51. The van der Waals surface area contributed by atoms with E-state index in [4.69, 9.17) is 10.5 Å². The Morgan fingerprint density at radius 1 is 1.42 bits per heavy atom. The molecule has 0 heterocycles. The molecule has 1 aromatic rings. The highest BCUT2D eigenvalue weighted by Gasteiger charge is 2.35. The maximum Gasteiger partial charge on any atom is 0.242 e. The molecule has 0 fully saturated rings. The second kappa shape index (κ2) is 6.08. The van der Waals surface area contributed by atoms with Crippen molar-refractivity contribution in [1.82, 2.24) is 5.32 Å². The maximum absolute atomic E-state index is 13.9. The fraction of sp³-hybridized carbons (Fsp3) is 0.462. The van der Waals surface area contributed by atoms with Gasteiger partial charge in [0.1, 0.15) is 17.2 Å². The summed E-state index contributed by atoms with van der Waals surface area (Å²) < 4.78 is 32.4. The number of halogens is 2. The summed E-state index contributed by atoms with van der Waals surface area (Å²) in [5.74, 6) is -2.05. The van der Waals surface area contributed by atoms with E-state index >= 15 is 0 Å². The second-order valence-corrected chi connectivity index (χ2v) is 4.49. The number of carbonyl (C=O) groups is 1. The molecule has 19 heavy (non-hydrogen) atoms. The molecule has 0 saturated carbocycles. The lowest BCUT2D eigenvalue weighted by Gasteiger charge is -2.28. The molecule has 0 aromatic heterocycles. The highest BCUT2D eigenvalue weighted by Crippen LogP contribution is 2.25. The Labute approximate surface area is 110 Å². The molecule has 1 rings (SSSR count). The first kappa shape index (κ1) is 15.5. The average molecular weight is 272 g/mol. The predicted octanol–water partition coefficient (Wildman–Crippen LogP) is 1.21. The zero-order valence-electron chi connectivity index (χ0n) is 11.2. The minimum atomic E-state index is -1.49. The van der Waals surface area contributed by atoms with E-state index in [1.54, 1.807) is 0 Å². The minimum Gasteiger partial charge on any atom is -0.383 e. The first-order valence-corrected chi connectivity index (χ1v) is 5.83. The van der Waals surface area contributed by atoms with E-state index in [-0.39, 0.29) is 17.7 Å². The van der Waals surface area contributed by atoms with Crippen molar-refractivity contribution in [3.63, 3.8) is 0 Å². The van der Waals surface area contributed by atoms with E-state index in [0.29, 0.717) is 6.61 Å². The summed E-state index contributed by atoms with van der Waals surface area (Å²) in [6.07, 6.45) is 0. The molecule has 1 unspecified atom stereocenters. The fourth-order valence-electron chi connectivity index (χ4n) is 1.75. The lowest BCUT2D eigenvalue weighted by atomic mass is 9.89. The van der Waals surface area contributed by atoms with E-state index in [9.17, 15) is 13.6 Å². The van der Waals surface area contributed by atoms with Crippen LogP contribution in [0.2, 0.25) is 0 Å². The van der Waals surface area contributed by atoms with Crippen LogP contribution in [0.4, 0.5) is 8.78 Å². The number of ether oxygens (including phenoxy) is 1. The maximum atomic E-state index is 13.9. The van der Waals surface area contributed by atoms with Crippen LogP contribution in [0.25, 0.3) is 0 Å². The molecule has 0 aliphatic rings.